The van der Waals surface area contributed by atoms with E-state index in [-0.39, 0.29) is 24.0 Å². The molecule has 0 aliphatic carbocycles. The molecule has 2 aliphatic heterocycles. The summed E-state index contributed by atoms with van der Waals surface area (Å²) in [5.41, 5.74) is 1.12. The zero-order valence-electron chi connectivity index (χ0n) is 15.5. The summed E-state index contributed by atoms with van der Waals surface area (Å²) in [5.74, 6) is 2.98. The summed E-state index contributed by atoms with van der Waals surface area (Å²) in [7, 11) is 3.97. The van der Waals surface area contributed by atoms with Crippen LogP contribution in [0.1, 0.15) is 43.6 Å². The Morgan fingerprint density at radius 1 is 1.40 bits per heavy atom. The summed E-state index contributed by atoms with van der Waals surface area (Å²) in [4.78, 5) is 11.4. The fourth-order valence-electron chi connectivity index (χ4n) is 3.63. The van der Waals surface area contributed by atoms with Crippen LogP contribution in [-0.4, -0.2) is 54.3 Å². The fourth-order valence-corrected chi connectivity index (χ4v) is 3.63. The molecule has 7 heteroatoms. The lowest BCUT2D eigenvalue weighted by Gasteiger charge is -2.26. The Bertz CT molecular complexity index is 530. The summed E-state index contributed by atoms with van der Waals surface area (Å²) < 4.78 is 7.74. The molecule has 1 fully saturated rings. The number of aromatic nitrogens is 2. The topological polar surface area (TPSA) is 54.7 Å². The third kappa shape index (κ3) is 5.84. The average molecular weight is 461 g/mol. The number of nitrogens with one attached hydrogen (secondary N) is 1. The standard InChI is InChI=1S/C18H31N5O.HI/c1-19-18(22(2)10-6-15-7-11-24-12-8-15)20-13-16-14-23-9-4-3-5-17(23)21-16;/h14-15H,3-13H2,1-2H3,(H,19,20);1H. The van der Waals surface area contributed by atoms with Gasteiger partial charge in [-0.25, -0.2) is 4.98 Å². The van der Waals surface area contributed by atoms with Crippen molar-refractivity contribution in [2.45, 2.75) is 51.6 Å². The molecule has 1 aromatic rings. The minimum Gasteiger partial charge on any atom is -0.381 e. The second kappa shape index (κ2) is 10.4. The molecule has 142 valence electrons. The van der Waals surface area contributed by atoms with E-state index in [9.17, 15) is 0 Å². The molecule has 6 nitrogen and oxygen atoms in total. The minimum absolute atomic E-state index is 0. The molecular formula is C18H32IN5O. The lowest BCUT2D eigenvalue weighted by molar-refractivity contribution is 0.0625. The smallest absolute Gasteiger partial charge is 0.193 e. The molecule has 0 bridgehead atoms. The maximum atomic E-state index is 5.44. The number of imidazole rings is 1. The number of hydrogen-bond donors (Lipinski definition) is 1. The Hall–Kier alpha value is -0.830. The van der Waals surface area contributed by atoms with Crippen molar-refractivity contribution >= 4 is 29.9 Å². The maximum Gasteiger partial charge on any atom is 0.193 e. The van der Waals surface area contributed by atoms with Gasteiger partial charge >= 0.3 is 0 Å². The highest BCUT2D eigenvalue weighted by Crippen LogP contribution is 2.18. The lowest BCUT2D eigenvalue weighted by atomic mass is 9.96. The van der Waals surface area contributed by atoms with Crippen molar-refractivity contribution in [1.82, 2.24) is 19.8 Å². The van der Waals surface area contributed by atoms with E-state index in [1.807, 2.05) is 7.05 Å². The van der Waals surface area contributed by atoms with Gasteiger partial charge in [0.25, 0.3) is 0 Å². The number of hydrogen-bond acceptors (Lipinski definition) is 3. The number of aliphatic imine (C=N–C) groups is 1. The summed E-state index contributed by atoms with van der Waals surface area (Å²) in [5, 5.41) is 3.46. The summed E-state index contributed by atoms with van der Waals surface area (Å²) in [6.07, 6.45) is 9.43. The molecule has 25 heavy (non-hydrogen) atoms. The first-order valence-corrected chi connectivity index (χ1v) is 9.30. The Morgan fingerprint density at radius 2 is 2.20 bits per heavy atom. The molecule has 0 aromatic carbocycles. The summed E-state index contributed by atoms with van der Waals surface area (Å²) >= 11 is 0. The summed E-state index contributed by atoms with van der Waals surface area (Å²) in [6.45, 7) is 4.74. The van der Waals surface area contributed by atoms with Gasteiger partial charge in [-0.15, -0.1) is 24.0 Å². The Kier molecular flexibility index (Phi) is 8.48. The zero-order chi connectivity index (χ0) is 16.8. The maximum absolute atomic E-state index is 5.44. The Labute approximate surface area is 168 Å². The molecule has 0 radical (unpaired) electrons. The van der Waals surface area contributed by atoms with Crippen LogP contribution in [0.25, 0.3) is 0 Å². The molecule has 0 unspecified atom stereocenters. The van der Waals surface area contributed by atoms with Gasteiger partial charge in [0.05, 0.1) is 12.2 Å². The highest BCUT2D eigenvalue weighted by atomic mass is 127. The number of halogens is 1. The van der Waals surface area contributed by atoms with Crippen LogP contribution >= 0.6 is 24.0 Å². The van der Waals surface area contributed by atoms with Crippen LogP contribution in [0, 0.1) is 5.92 Å². The van der Waals surface area contributed by atoms with E-state index < -0.39 is 0 Å². The van der Waals surface area contributed by atoms with Crippen molar-refractivity contribution in [2.24, 2.45) is 10.9 Å². The van der Waals surface area contributed by atoms with Gasteiger partial charge in [-0.3, -0.25) is 4.99 Å². The average Bonchev–Trinajstić information content (AvgIpc) is 3.04. The number of ether oxygens (including phenoxy) is 1. The van der Waals surface area contributed by atoms with E-state index in [4.69, 9.17) is 9.72 Å². The number of guanidine groups is 1. The second-order valence-electron chi connectivity index (χ2n) is 6.97. The lowest BCUT2D eigenvalue weighted by Crippen LogP contribution is -2.39. The molecule has 3 heterocycles. The molecule has 1 saturated heterocycles. The predicted octanol–water partition coefficient (Wildman–Crippen LogP) is 2.66. The Morgan fingerprint density at radius 3 is 2.92 bits per heavy atom. The van der Waals surface area contributed by atoms with Gasteiger partial charge in [0.15, 0.2) is 5.96 Å². The SMILES string of the molecule is CN=C(NCc1cn2c(n1)CCCC2)N(C)CCC1CCOCC1.I. The number of nitrogens with zero attached hydrogens (tertiary/aromatic N) is 4. The highest BCUT2D eigenvalue weighted by Gasteiger charge is 2.16. The van der Waals surface area contributed by atoms with Gasteiger partial charge in [0, 0.05) is 53.0 Å². The van der Waals surface area contributed by atoms with Gasteiger partial charge in [0.1, 0.15) is 5.82 Å². The van der Waals surface area contributed by atoms with Crippen molar-refractivity contribution in [2.75, 3.05) is 33.9 Å². The van der Waals surface area contributed by atoms with Crippen molar-refractivity contribution in [3.05, 3.63) is 17.7 Å². The zero-order valence-corrected chi connectivity index (χ0v) is 17.9. The normalized spacial score (nSPS) is 18.4. The third-order valence-corrected chi connectivity index (χ3v) is 5.17. The van der Waals surface area contributed by atoms with Crippen LogP contribution in [-0.2, 0) is 24.2 Å². The molecule has 2 aliphatic rings. The molecule has 1 N–H and O–H groups in total. The molecule has 0 spiro atoms. The van der Waals surface area contributed by atoms with Crippen molar-refractivity contribution in [3.8, 4) is 0 Å². The fraction of sp³-hybridized carbons (Fsp3) is 0.778. The van der Waals surface area contributed by atoms with E-state index in [0.717, 1.165) is 56.8 Å². The van der Waals surface area contributed by atoms with E-state index >= 15 is 0 Å². The van der Waals surface area contributed by atoms with E-state index in [2.05, 4.69) is 33.0 Å². The van der Waals surface area contributed by atoms with Crippen LogP contribution in [0.15, 0.2) is 11.2 Å². The summed E-state index contributed by atoms with van der Waals surface area (Å²) in [6, 6.07) is 0. The largest absolute Gasteiger partial charge is 0.381 e. The van der Waals surface area contributed by atoms with Crippen LogP contribution in [0.5, 0.6) is 0 Å². The minimum atomic E-state index is 0. The monoisotopic (exact) mass is 461 g/mol. The van der Waals surface area contributed by atoms with E-state index in [1.54, 1.807) is 0 Å². The second-order valence-corrected chi connectivity index (χ2v) is 6.97. The van der Waals surface area contributed by atoms with Crippen molar-refractivity contribution in [3.63, 3.8) is 0 Å². The molecular weight excluding hydrogens is 429 g/mol. The first-order chi connectivity index (χ1) is 11.8. The molecule has 0 amide bonds. The van der Waals surface area contributed by atoms with Crippen molar-refractivity contribution < 1.29 is 4.74 Å². The van der Waals surface area contributed by atoms with Gasteiger partial charge in [-0.1, -0.05) is 0 Å². The van der Waals surface area contributed by atoms with E-state index in [1.165, 1.54) is 37.9 Å². The predicted molar refractivity (Wildman–Crippen MR) is 112 cm³/mol. The van der Waals surface area contributed by atoms with Crippen LogP contribution in [0.4, 0.5) is 0 Å². The van der Waals surface area contributed by atoms with Crippen LogP contribution in [0.3, 0.4) is 0 Å². The quantitative estimate of drug-likeness (QED) is 0.416. The molecule has 0 atom stereocenters. The molecule has 3 rings (SSSR count). The third-order valence-electron chi connectivity index (χ3n) is 5.17. The molecule has 1 aromatic heterocycles. The number of fused-ring (bicyclic) bond motifs is 1. The highest BCUT2D eigenvalue weighted by molar-refractivity contribution is 14.0. The first kappa shape index (κ1) is 20.5. The van der Waals surface area contributed by atoms with Crippen molar-refractivity contribution in [1.29, 1.82) is 0 Å². The van der Waals surface area contributed by atoms with Gasteiger partial charge in [0.2, 0.25) is 0 Å². The first-order valence-electron chi connectivity index (χ1n) is 9.30. The van der Waals surface area contributed by atoms with Gasteiger partial charge in [-0.05, 0) is 38.0 Å². The number of rotatable bonds is 5. The number of aryl methyl sites for hydroxylation is 2. The Balaban J connectivity index is 0.00000225. The van der Waals surface area contributed by atoms with Gasteiger partial charge < -0.3 is 19.5 Å². The van der Waals surface area contributed by atoms with Crippen LogP contribution < -0.4 is 5.32 Å². The van der Waals surface area contributed by atoms with Crippen LogP contribution in [0.2, 0.25) is 0 Å². The van der Waals surface area contributed by atoms with Gasteiger partial charge in [-0.2, -0.15) is 0 Å². The van der Waals surface area contributed by atoms with E-state index in [0.29, 0.717) is 0 Å². The molecule has 0 saturated carbocycles.